The lowest BCUT2D eigenvalue weighted by atomic mass is 10.2. The number of hydrogen-bond acceptors (Lipinski definition) is 2. The quantitative estimate of drug-likeness (QED) is 0.544. The van der Waals surface area contributed by atoms with Crippen LogP contribution in [0.3, 0.4) is 0 Å². The maximum absolute atomic E-state index is 5.87. The summed E-state index contributed by atoms with van der Waals surface area (Å²) >= 11 is 11.2. The van der Waals surface area contributed by atoms with Crippen molar-refractivity contribution in [2.45, 2.75) is 20.3 Å². The van der Waals surface area contributed by atoms with Gasteiger partial charge in [0.1, 0.15) is 0 Å². The summed E-state index contributed by atoms with van der Waals surface area (Å²) in [7, 11) is 0. The molecular formula is C19H24ClN3S. The predicted octanol–water partition coefficient (Wildman–Crippen LogP) is 4.85. The Bertz CT molecular complexity index is 641. The van der Waals surface area contributed by atoms with Crippen LogP contribution in [0.25, 0.3) is 0 Å². The van der Waals surface area contributed by atoms with Crippen molar-refractivity contribution in [1.82, 2.24) is 5.32 Å². The van der Waals surface area contributed by atoms with Gasteiger partial charge in [0.05, 0.1) is 0 Å². The molecular weight excluding hydrogens is 338 g/mol. The molecule has 0 aromatic heterocycles. The highest BCUT2D eigenvalue weighted by molar-refractivity contribution is 7.80. The summed E-state index contributed by atoms with van der Waals surface area (Å²) in [5.41, 5.74) is 3.49. The fourth-order valence-corrected chi connectivity index (χ4v) is 2.75. The Morgan fingerprint density at radius 2 is 1.75 bits per heavy atom. The molecule has 0 heterocycles. The van der Waals surface area contributed by atoms with Gasteiger partial charge in [-0.3, -0.25) is 0 Å². The van der Waals surface area contributed by atoms with Crippen molar-refractivity contribution in [3.63, 3.8) is 0 Å². The molecule has 0 atom stereocenters. The van der Waals surface area contributed by atoms with E-state index in [0.717, 1.165) is 36.8 Å². The van der Waals surface area contributed by atoms with Crippen LogP contribution in [-0.2, 0) is 0 Å². The number of rotatable bonds is 7. The Labute approximate surface area is 155 Å². The highest BCUT2D eigenvalue weighted by atomic mass is 35.5. The van der Waals surface area contributed by atoms with Gasteiger partial charge in [-0.25, -0.2) is 0 Å². The maximum Gasteiger partial charge on any atom is 0.170 e. The number of aryl methyl sites for hydroxylation is 1. The molecule has 0 aliphatic heterocycles. The molecule has 0 saturated heterocycles. The van der Waals surface area contributed by atoms with Gasteiger partial charge in [0, 0.05) is 36.0 Å². The van der Waals surface area contributed by atoms with Crippen LogP contribution in [0.4, 0.5) is 11.4 Å². The number of halogens is 1. The topological polar surface area (TPSA) is 27.3 Å². The van der Waals surface area contributed by atoms with Gasteiger partial charge in [0.25, 0.3) is 0 Å². The first-order chi connectivity index (χ1) is 11.6. The van der Waals surface area contributed by atoms with E-state index in [2.05, 4.69) is 53.6 Å². The SMILES string of the molecule is CCN(CCCNC(=S)Nc1ccc(Cl)cc1)c1ccc(C)cc1. The largest absolute Gasteiger partial charge is 0.372 e. The number of nitrogens with one attached hydrogen (secondary N) is 2. The van der Waals surface area contributed by atoms with Gasteiger partial charge in [-0.1, -0.05) is 29.3 Å². The first-order valence-electron chi connectivity index (χ1n) is 8.20. The molecule has 0 fully saturated rings. The number of thiocarbonyl (C=S) groups is 1. The first-order valence-corrected chi connectivity index (χ1v) is 8.99. The summed E-state index contributed by atoms with van der Waals surface area (Å²) in [4.78, 5) is 2.37. The smallest absolute Gasteiger partial charge is 0.170 e. The second kappa shape index (κ2) is 9.50. The van der Waals surface area contributed by atoms with E-state index in [0.29, 0.717) is 5.11 Å². The molecule has 3 nitrogen and oxygen atoms in total. The molecule has 0 spiro atoms. The number of nitrogens with zero attached hydrogens (tertiary/aromatic N) is 1. The van der Waals surface area contributed by atoms with Crippen molar-refractivity contribution in [3.8, 4) is 0 Å². The first kappa shape index (κ1) is 18.6. The summed E-state index contributed by atoms with van der Waals surface area (Å²) in [6.45, 7) is 7.12. The molecule has 0 radical (unpaired) electrons. The lowest BCUT2D eigenvalue weighted by Crippen LogP contribution is -2.32. The van der Waals surface area contributed by atoms with Crippen molar-refractivity contribution in [3.05, 3.63) is 59.1 Å². The number of anilines is 2. The van der Waals surface area contributed by atoms with E-state index in [1.54, 1.807) is 0 Å². The minimum absolute atomic E-state index is 0.635. The monoisotopic (exact) mass is 361 g/mol. The number of benzene rings is 2. The molecule has 0 aliphatic rings. The van der Waals surface area contributed by atoms with E-state index in [9.17, 15) is 0 Å². The molecule has 5 heteroatoms. The Hall–Kier alpha value is -1.78. The van der Waals surface area contributed by atoms with Gasteiger partial charge < -0.3 is 15.5 Å². The zero-order valence-corrected chi connectivity index (χ0v) is 15.8. The van der Waals surface area contributed by atoms with Crippen LogP contribution in [0.1, 0.15) is 18.9 Å². The third-order valence-corrected chi connectivity index (χ3v) is 4.27. The zero-order chi connectivity index (χ0) is 17.4. The van der Waals surface area contributed by atoms with Crippen LogP contribution in [0.5, 0.6) is 0 Å². The summed E-state index contributed by atoms with van der Waals surface area (Å²) in [5, 5.41) is 7.76. The fourth-order valence-electron chi connectivity index (χ4n) is 2.41. The van der Waals surface area contributed by atoms with Gasteiger partial charge in [0.2, 0.25) is 0 Å². The average Bonchev–Trinajstić information content (AvgIpc) is 2.58. The normalized spacial score (nSPS) is 10.3. The van der Waals surface area contributed by atoms with Gasteiger partial charge in [0.15, 0.2) is 5.11 Å². The molecule has 2 rings (SSSR count). The third-order valence-electron chi connectivity index (χ3n) is 3.77. The van der Waals surface area contributed by atoms with E-state index in [4.69, 9.17) is 23.8 Å². The lowest BCUT2D eigenvalue weighted by Gasteiger charge is -2.23. The van der Waals surface area contributed by atoms with E-state index >= 15 is 0 Å². The van der Waals surface area contributed by atoms with Crippen LogP contribution in [0.2, 0.25) is 5.02 Å². The van der Waals surface area contributed by atoms with E-state index in [-0.39, 0.29) is 0 Å². The van der Waals surface area contributed by atoms with Crippen LogP contribution in [-0.4, -0.2) is 24.7 Å². The van der Waals surface area contributed by atoms with E-state index in [1.807, 2.05) is 24.3 Å². The second-order valence-electron chi connectivity index (χ2n) is 5.66. The van der Waals surface area contributed by atoms with Crippen molar-refractivity contribution in [2.75, 3.05) is 29.9 Å². The lowest BCUT2D eigenvalue weighted by molar-refractivity contribution is 0.726. The van der Waals surface area contributed by atoms with Gasteiger partial charge in [-0.05, 0) is 68.9 Å². The molecule has 0 unspecified atom stereocenters. The van der Waals surface area contributed by atoms with Crippen molar-refractivity contribution < 1.29 is 0 Å². The maximum atomic E-state index is 5.87. The highest BCUT2D eigenvalue weighted by Gasteiger charge is 2.04. The minimum atomic E-state index is 0.635. The molecule has 2 N–H and O–H groups in total. The second-order valence-corrected chi connectivity index (χ2v) is 6.50. The van der Waals surface area contributed by atoms with Crippen LogP contribution in [0.15, 0.2) is 48.5 Å². The molecule has 24 heavy (non-hydrogen) atoms. The molecule has 128 valence electrons. The Kier molecular flexibility index (Phi) is 7.35. The Balaban J connectivity index is 1.72. The standard InChI is InChI=1S/C19H24ClN3S/c1-3-23(18-11-5-15(2)6-12-18)14-4-13-21-19(24)22-17-9-7-16(20)8-10-17/h5-12H,3-4,13-14H2,1-2H3,(H2,21,22,24). The van der Waals surface area contributed by atoms with Crippen LogP contribution in [0, 0.1) is 6.92 Å². The van der Waals surface area contributed by atoms with Crippen molar-refractivity contribution in [1.29, 1.82) is 0 Å². The highest BCUT2D eigenvalue weighted by Crippen LogP contribution is 2.15. The summed E-state index contributed by atoms with van der Waals surface area (Å²) in [5.74, 6) is 0. The summed E-state index contributed by atoms with van der Waals surface area (Å²) < 4.78 is 0. The molecule has 0 aliphatic carbocycles. The third kappa shape index (κ3) is 6.02. The average molecular weight is 362 g/mol. The Morgan fingerprint density at radius 1 is 1.08 bits per heavy atom. The molecule has 0 saturated carbocycles. The van der Waals surface area contributed by atoms with E-state index < -0.39 is 0 Å². The zero-order valence-electron chi connectivity index (χ0n) is 14.2. The minimum Gasteiger partial charge on any atom is -0.372 e. The van der Waals surface area contributed by atoms with Crippen LogP contribution >= 0.6 is 23.8 Å². The van der Waals surface area contributed by atoms with E-state index in [1.165, 1.54) is 11.3 Å². The molecule has 2 aromatic carbocycles. The van der Waals surface area contributed by atoms with Crippen LogP contribution < -0.4 is 15.5 Å². The number of hydrogen-bond donors (Lipinski definition) is 2. The molecule has 2 aromatic rings. The predicted molar refractivity (Wildman–Crippen MR) is 109 cm³/mol. The molecule has 0 amide bonds. The van der Waals surface area contributed by atoms with Gasteiger partial charge >= 0.3 is 0 Å². The van der Waals surface area contributed by atoms with Gasteiger partial charge in [-0.15, -0.1) is 0 Å². The van der Waals surface area contributed by atoms with Crippen molar-refractivity contribution in [2.24, 2.45) is 0 Å². The Morgan fingerprint density at radius 3 is 2.38 bits per heavy atom. The molecule has 0 bridgehead atoms. The van der Waals surface area contributed by atoms with Crippen molar-refractivity contribution >= 4 is 40.3 Å². The summed E-state index contributed by atoms with van der Waals surface area (Å²) in [6, 6.07) is 16.2. The summed E-state index contributed by atoms with van der Waals surface area (Å²) in [6.07, 6.45) is 1.02. The fraction of sp³-hybridized carbons (Fsp3) is 0.316. The van der Waals surface area contributed by atoms with Gasteiger partial charge in [-0.2, -0.15) is 0 Å².